The molecule has 0 aliphatic carbocycles. The van der Waals surface area contributed by atoms with Crippen molar-refractivity contribution in [3.05, 3.63) is 139 Å². The van der Waals surface area contributed by atoms with Crippen LogP contribution in [-0.4, -0.2) is 6.16 Å². The second-order valence-corrected chi connectivity index (χ2v) is 13.0. The Morgan fingerprint density at radius 3 is 1.57 bits per heavy atom. The third kappa shape index (κ3) is 3.10. The Morgan fingerprint density at radius 1 is 0.429 bits per heavy atom. The van der Waals surface area contributed by atoms with Gasteiger partial charge in [0.1, 0.15) is 23.2 Å². The molecule has 0 bridgehead atoms. The highest BCUT2D eigenvalue weighted by atomic mass is 31.2. The van der Waals surface area contributed by atoms with E-state index in [9.17, 15) is 0 Å². The molecule has 0 aromatic heterocycles. The van der Waals surface area contributed by atoms with Gasteiger partial charge < -0.3 is 0 Å². The van der Waals surface area contributed by atoms with Gasteiger partial charge in [-0.1, -0.05) is 103 Å². The summed E-state index contributed by atoms with van der Waals surface area (Å²) in [7, 11) is -1.89. The quantitative estimate of drug-likeness (QED) is 0.232. The van der Waals surface area contributed by atoms with Crippen molar-refractivity contribution in [3.8, 4) is 11.1 Å². The topological polar surface area (TPSA) is 0 Å². The summed E-state index contributed by atoms with van der Waals surface area (Å²) in [4.78, 5) is 0. The smallest absolute Gasteiger partial charge is 0.0620 e. The summed E-state index contributed by atoms with van der Waals surface area (Å²) >= 11 is 0. The Morgan fingerprint density at radius 2 is 0.943 bits per heavy atom. The van der Waals surface area contributed by atoms with E-state index in [0.29, 0.717) is 0 Å². The van der Waals surface area contributed by atoms with E-state index >= 15 is 0 Å². The molecule has 1 heterocycles. The van der Waals surface area contributed by atoms with Gasteiger partial charge in [-0.15, -0.1) is 0 Å². The van der Waals surface area contributed by atoms with Gasteiger partial charge in [0, 0.05) is 12.0 Å². The first-order valence-corrected chi connectivity index (χ1v) is 14.4. The van der Waals surface area contributed by atoms with Crippen molar-refractivity contribution in [1.29, 1.82) is 0 Å². The van der Waals surface area contributed by atoms with Crippen LogP contribution >= 0.6 is 7.26 Å². The molecule has 0 spiro atoms. The minimum atomic E-state index is -1.89. The average molecular weight is 466 g/mol. The SMILES string of the molecule is c1ccc([P+]2(c3ccccc3)CCc3ccc4ccccc4c3-c3c2ccc2ccccc32)cc1. The largest absolute Gasteiger partial charge is 0.113 e. The fourth-order valence-corrected chi connectivity index (χ4v) is 10.6. The summed E-state index contributed by atoms with van der Waals surface area (Å²) in [6.07, 6.45) is 2.21. The third-order valence-corrected chi connectivity index (χ3v) is 12.1. The van der Waals surface area contributed by atoms with Crippen LogP contribution in [0.2, 0.25) is 0 Å². The van der Waals surface area contributed by atoms with Crippen LogP contribution in [0.25, 0.3) is 32.7 Å². The van der Waals surface area contributed by atoms with E-state index in [2.05, 4.69) is 133 Å². The fourth-order valence-electron chi connectivity index (χ4n) is 6.12. The second-order valence-electron chi connectivity index (χ2n) is 9.46. The molecule has 6 aromatic carbocycles. The van der Waals surface area contributed by atoms with Crippen molar-refractivity contribution < 1.29 is 0 Å². The summed E-state index contributed by atoms with van der Waals surface area (Å²) in [5.41, 5.74) is 4.34. The molecule has 0 saturated carbocycles. The highest BCUT2D eigenvalue weighted by Gasteiger charge is 2.48. The van der Waals surface area contributed by atoms with Crippen molar-refractivity contribution in [2.45, 2.75) is 6.42 Å². The molecule has 0 saturated heterocycles. The predicted molar refractivity (Wildman–Crippen MR) is 154 cm³/mol. The summed E-state index contributed by atoms with van der Waals surface area (Å²) in [6, 6.07) is 50.0. The maximum atomic E-state index is 2.46. The van der Waals surface area contributed by atoms with Gasteiger partial charge in [0.05, 0.1) is 6.16 Å². The number of hydrogen-bond donors (Lipinski definition) is 0. The fraction of sp³-hybridized carbons (Fsp3) is 0.0588. The van der Waals surface area contributed by atoms with Crippen LogP contribution in [0, 0.1) is 0 Å². The lowest BCUT2D eigenvalue weighted by atomic mass is 9.89. The molecule has 6 aromatic rings. The first-order valence-electron chi connectivity index (χ1n) is 12.4. The maximum Gasteiger partial charge on any atom is 0.113 e. The van der Waals surface area contributed by atoms with Crippen LogP contribution in [0.4, 0.5) is 0 Å². The first-order chi connectivity index (χ1) is 17.4. The van der Waals surface area contributed by atoms with E-state index in [4.69, 9.17) is 0 Å². The molecule has 0 amide bonds. The van der Waals surface area contributed by atoms with Crippen molar-refractivity contribution in [3.63, 3.8) is 0 Å². The zero-order valence-corrected chi connectivity index (χ0v) is 20.5. The van der Waals surface area contributed by atoms with E-state index in [1.54, 1.807) is 0 Å². The molecule has 0 unspecified atom stereocenters. The summed E-state index contributed by atoms with van der Waals surface area (Å²) in [6.45, 7) is 0. The monoisotopic (exact) mass is 465 g/mol. The van der Waals surface area contributed by atoms with E-state index in [1.807, 2.05) is 0 Å². The van der Waals surface area contributed by atoms with E-state index in [-0.39, 0.29) is 0 Å². The van der Waals surface area contributed by atoms with Crippen LogP contribution in [-0.2, 0) is 6.42 Å². The average Bonchev–Trinajstić information content (AvgIpc) is 3.10. The normalized spacial score (nSPS) is 14.3. The molecule has 0 atom stereocenters. The van der Waals surface area contributed by atoms with Crippen LogP contribution in [0.5, 0.6) is 0 Å². The maximum absolute atomic E-state index is 2.46. The number of hydrogen-bond acceptors (Lipinski definition) is 0. The van der Waals surface area contributed by atoms with Crippen LogP contribution < -0.4 is 15.9 Å². The van der Waals surface area contributed by atoms with Crippen molar-refractivity contribution in [2.75, 3.05) is 6.16 Å². The number of aryl methyl sites for hydroxylation is 1. The van der Waals surface area contributed by atoms with Gasteiger partial charge >= 0.3 is 0 Å². The molecule has 166 valence electrons. The lowest BCUT2D eigenvalue weighted by Crippen LogP contribution is -2.34. The zero-order chi connectivity index (χ0) is 23.2. The van der Waals surface area contributed by atoms with Crippen molar-refractivity contribution >= 4 is 44.7 Å². The van der Waals surface area contributed by atoms with E-state index in [0.717, 1.165) is 12.6 Å². The molecule has 7 rings (SSSR count). The molecule has 0 radical (unpaired) electrons. The van der Waals surface area contributed by atoms with E-state index in [1.165, 1.54) is 54.1 Å². The molecular weight excluding hydrogens is 439 g/mol. The van der Waals surface area contributed by atoms with Gasteiger partial charge in [-0.3, -0.25) is 0 Å². The van der Waals surface area contributed by atoms with Crippen LogP contribution in [0.1, 0.15) is 5.56 Å². The standard InChI is InChI=1S/C34H26P/c1-3-13-28(14-4-1)35(29-15-5-2-6-16-29)24-23-27-20-19-25-11-7-9-17-30(25)33(27)34-31-18-10-8-12-26(31)21-22-32(34)35/h1-22H,23-24H2/q+1. The molecule has 0 N–H and O–H groups in total. The lowest BCUT2D eigenvalue weighted by molar-refractivity contribution is 1.16. The van der Waals surface area contributed by atoms with Gasteiger partial charge in [0.2, 0.25) is 0 Å². The zero-order valence-electron chi connectivity index (χ0n) is 19.6. The number of fused-ring (bicyclic) bond motifs is 7. The molecule has 1 aliphatic heterocycles. The minimum Gasteiger partial charge on any atom is -0.0620 e. The summed E-state index contributed by atoms with van der Waals surface area (Å²) < 4.78 is 0. The van der Waals surface area contributed by atoms with Crippen LogP contribution in [0.15, 0.2) is 133 Å². The van der Waals surface area contributed by atoms with Gasteiger partial charge in [-0.2, -0.15) is 0 Å². The summed E-state index contributed by atoms with van der Waals surface area (Å²) in [5.74, 6) is 0. The van der Waals surface area contributed by atoms with Gasteiger partial charge in [-0.05, 0) is 63.0 Å². The van der Waals surface area contributed by atoms with Gasteiger partial charge in [0.15, 0.2) is 0 Å². The molecular formula is C34H26P+. The Bertz CT molecular complexity index is 1640. The Hall–Kier alpha value is -3.73. The number of benzene rings is 6. The van der Waals surface area contributed by atoms with Gasteiger partial charge in [-0.25, -0.2) is 0 Å². The Labute approximate surface area is 207 Å². The highest BCUT2D eigenvalue weighted by Crippen LogP contribution is 2.60. The van der Waals surface area contributed by atoms with Crippen LogP contribution in [0.3, 0.4) is 0 Å². The van der Waals surface area contributed by atoms with Crippen molar-refractivity contribution in [2.24, 2.45) is 0 Å². The molecule has 0 nitrogen and oxygen atoms in total. The van der Waals surface area contributed by atoms with Crippen molar-refractivity contribution in [1.82, 2.24) is 0 Å². The molecule has 35 heavy (non-hydrogen) atoms. The number of rotatable bonds is 2. The molecule has 0 fully saturated rings. The summed E-state index contributed by atoms with van der Waals surface area (Å²) in [5, 5.41) is 9.81. The molecule has 1 aliphatic rings. The Kier molecular flexibility index (Phi) is 4.83. The van der Waals surface area contributed by atoms with E-state index < -0.39 is 7.26 Å². The lowest BCUT2D eigenvalue weighted by Gasteiger charge is -2.28. The van der Waals surface area contributed by atoms with Gasteiger partial charge in [0.25, 0.3) is 0 Å². The first kappa shape index (κ1) is 20.6. The minimum absolute atomic E-state index is 1.07. The predicted octanol–water partition coefficient (Wildman–Crippen LogP) is 7.51. The molecule has 1 heteroatoms. The third-order valence-electron chi connectivity index (χ3n) is 7.69. The highest BCUT2D eigenvalue weighted by molar-refractivity contribution is 7.96. The Balaban J connectivity index is 1.70. The second kappa shape index (κ2) is 8.19.